The summed E-state index contributed by atoms with van der Waals surface area (Å²) >= 11 is 0. The van der Waals surface area contributed by atoms with Gasteiger partial charge in [0.1, 0.15) is 0 Å². The molecular weight excluding hydrogens is 476 g/mol. The fourth-order valence-corrected chi connectivity index (χ4v) is 2.45. The van der Waals surface area contributed by atoms with Gasteiger partial charge in [-0.2, -0.15) is 11.1 Å². The van der Waals surface area contributed by atoms with E-state index in [2.05, 4.69) is 60.4 Å². The summed E-state index contributed by atoms with van der Waals surface area (Å²) in [5.74, 6) is 0. The van der Waals surface area contributed by atoms with E-state index in [4.69, 9.17) is 0 Å². The van der Waals surface area contributed by atoms with E-state index in [-0.39, 0.29) is 31.6 Å². The molecule has 0 atom stereocenters. The van der Waals surface area contributed by atoms with Crippen molar-refractivity contribution < 1.29 is 41.5 Å². The topological polar surface area (TPSA) is 69.2 Å². The third-order valence-corrected chi connectivity index (χ3v) is 4.47. The van der Waals surface area contributed by atoms with Crippen molar-refractivity contribution in [3.8, 4) is 0 Å². The molecule has 0 aromatic rings. The molecule has 0 saturated heterocycles. The molecule has 0 aromatic heterocycles. The van der Waals surface area contributed by atoms with Crippen molar-refractivity contribution in [3.05, 3.63) is 60.8 Å². The summed E-state index contributed by atoms with van der Waals surface area (Å²) in [4.78, 5) is 0. The molecule has 0 aliphatic heterocycles. The summed E-state index contributed by atoms with van der Waals surface area (Å²) in [5, 5.41) is 31.9. The summed E-state index contributed by atoms with van der Waals surface area (Å²) in [6.45, 7) is 31.1. The van der Waals surface area contributed by atoms with Crippen LogP contribution in [0.5, 0.6) is 0 Å². The largest absolute Gasteiger partial charge is 4.00 e. The molecular formula is C28H48O3Zr. The molecule has 0 bridgehead atoms. The van der Waals surface area contributed by atoms with Gasteiger partial charge in [0, 0.05) is 0 Å². The minimum absolute atomic E-state index is 0. The van der Waals surface area contributed by atoms with Crippen LogP contribution in [0, 0.1) is 11.5 Å². The fourth-order valence-electron chi connectivity index (χ4n) is 2.45. The van der Waals surface area contributed by atoms with E-state index in [1.54, 1.807) is 59.8 Å². The Labute approximate surface area is 219 Å². The molecule has 4 heteroatoms. The molecule has 0 aromatic carbocycles. The average Bonchev–Trinajstić information content (AvgIpc) is 2.67. The smallest absolute Gasteiger partial charge is 0.850 e. The van der Waals surface area contributed by atoms with E-state index in [9.17, 15) is 15.3 Å². The van der Waals surface area contributed by atoms with E-state index in [0.717, 1.165) is 0 Å². The van der Waals surface area contributed by atoms with Gasteiger partial charge in [0.25, 0.3) is 0 Å². The predicted molar refractivity (Wildman–Crippen MR) is 131 cm³/mol. The molecule has 0 radical (unpaired) electrons. The Hall–Kier alpha value is -0.537. The Morgan fingerprint density at radius 2 is 0.969 bits per heavy atom. The summed E-state index contributed by atoms with van der Waals surface area (Å²) in [6.07, 6.45) is 10.0. The summed E-state index contributed by atoms with van der Waals surface area (Å²) < 4.78 is 0. The Morgan fingerprint density at radius 3 is 1.00 bits per heavy atom. The maximum Gasteiger partial charge on any atom is 4.00 e. The average molecular weight is 524 g/mol. The Kier molecular flexibility index (Phi) is 20.5. The van der Waals surface area contributed by atoms with Crippen LogP contribution in [-0.4, -0.2) is 16.8 Å². The van der Waals surface area contributed by atoms with Crippen LogP contribution in [0.15, 0.2) is 54.7 Å². The first-order chi connectivity index (χ1) is 13.6. The van der Waals surface area contributed by atoms with Gasteiger partial charge < -0.3 is 15.3 Å². The van der Waals surface area contributed by atoms with Crippen molar-refractivity contribution in [1.82, 2.24) is 0 Å². The van der Waals surface area contributed by atoms with Crippen LogP contribution in [0.2, 0.25) is 0 Å². The number of hydrogen-bond acceptors (Lipinski definition) is 3. The first kappa shape index (κ1) is 38.7. The van der Waals surface area contributed by atoms with Gasteiger partial charge in [0.05, 0.1) is 0 Å². The van der Waals surface area contributed by atoms with Crippen LogP contribution in [0.3, 0.4) is 0 Å². The van der Waals surface area contributed by atoms with E-state index in [1.807, 2.05) is 0 Å². The molecule has 0 spiro atoms. The van der Waals surface area contributed by atoms with Crippen LogP contribution < -0.4 is 15.3 Å². The number of allylic oxidation sites excluding steroid dienone is 4. The van der Waals surface area contributed by atoms with E-state index < -0.39 is 16.8 Å². The van der Waals surface area contributed by atoms with E-state index >= 15 is 0 Å². The van der Waals surface area contributed by atoms with Crippen LogP contribution in [0.1, 0.15) is 95.4 Å². The molecule has 0 saturated carbocycles. The van der Waals surface area contributed by atoms with Crippen LogP contribution in [0.25, 0.3) is 0 Å². The molecule has 32 heavy (non-hydrogen) atoms. The Balaban J connectivity index is -0.000000164. The number of hydrogen-bond donors (Lipinski definition) is 0. The standard InChI is InChI=1S/C10H15.3C6H11O.Zr/c1-7-6-10(4,5)9(3)8(7)2;3*1-4-5-6(2,3)7;/h1-5H3;3*4H,1,5H2,2-3H3;/q4*-1;+4. The minimum atomic E-state index is -0.818. The van der Waals surface area contributed by atoms with Crippen LogP contribution in [0.4, 0.5) is 0 Å². The Bertz CT molecular complexity index is 557. The van der Waals surface area contributed by atoms with Crippen molar-refractivity contribution in [2.24, 2.45) is 5.41 Å². The van der Waals surface area contributed by atoms with Crippen molar-refractivity contribution >= 4 is 0 Å². The van der Waals surface area contributed by atoms with Gasteiger partial charge in [-0.25, -0.2) is 5.57 Å². The van der Waals surface area contributed by atoms with Crippen LogP contribution >= 0.6 is 0 Å². The van der Waals surface area contributed by atoms with E-state index in [1.165, 1.54) is 16.7 Å². The van der Waals surface area contributed by atoms with Gasteiger partial charge in [0.2, 0.25) is 0 Å². The molecule has 0 amide bonds. The maximum atomic E-state index is 10.6. The second-order valence-corrected chi connectivity index (χ2v) is 10.4. The van der Waals surface area contributed by atoms with Crippen molar-refractivity contribution in [2.45, 2.75) is 112 Å². The summed E-state index contributed by atoms with van der Waals surface area (Å²) in [5.41, 5.74) is 1.94. The Morgan fingerprint density at radius 1 is 0.719 bits per heavy atom. The first-order valence-corrected chi connectivity index (χ1v) is 10.9. The van der Waals surface area contributed by atoms with Gasteiger partial charge in [-0.3, -0.25) is 6.08 Å². The maximum absolute atomic E-state index is 10.6. The zero-order valence-electron chi connectivity index (χ0n) is 22.7. The fraction of sp³-hybridized carbons (Fsp3) is 0.643. The van der Waals surface area contributed by atoms with Crippen molar-refractivity contribution in [2.75, 3.05) is 0 Å². The van der Waals surface area contributed by atoms with Gasteiger partial charge >= 0.3 is 26.2 Å². The van der Waals surface area contributed by atoms with Crippen molar-refractivity contribution in [1.29, 1.82) is 0 Å². The molecule has 1 aliphatic carbocycles. The summed E-state index contributed by atoms with van der Waals surface area (Å²) in [7, 11) is 0. The monoisotopic (exact) mass is 522 g/mol. The van der Waals surface area contributed by atoms with Crippen LogP contribution in [-0.2, 0) is 26.2 Å². The predicted octanol–water partition coefficient (Wildman–Crippen LogP) is 5.21. The SMILES string of the molecule is C=CCC(C)(C)[O-].C=CCC(C)(C)[O-].C=CCC(C)(C)[O-].CC1=[C-]C(C)(C)C(C)=C1C.[Zr+4]. The normalized spacial score (nSPS) is 14.8. The van der Waals surface area contributed by atoms with Gasteiger partial charge in [0.15, 0.2) is 0 Å². The van der Waals surface area contributed by atoms with Gasteiger partial charge in [-0.05, 0) is 19.3 Å². The second kappa shape index (κ2) is 17.0. The molecule has 0 fully saturated rings. The van der Waals surface area contributed by atoms with Crippen molar-refractivity contribution in [3.63, 3.8) is 0 Å². The quantitative estimate of drug-likeness (QED) is 0.354. The molecule has 1 rings (SSSR count). The molecule has 1 aliphatic rings. The molecule has 3 nitrogen and oxygen atoms in total. The molecule has 0 N–H and O–H groups in total. The second-order valence-electron chi connectivity index (χ2n) is 10.4. The third-order valence-electron chi connectivity index (χ3n) is 4.47. The molecule has 0 unspecified atom stereocenters. The van der Waals surface area contributed by atoms with E-state index in [0.29, 0.717) is 19.3 Å². The van der Waals surface area contributed by atoms with Gasteiger partial charge in [-0.15, -0.1) is 43.5 Å². The first-order valence-electron chi connectivity index (χ1n) is 10.9. The third kappa shape index (κ3) is 25.7. The molecule has 0 heterocycles. The zero-order valence-corrected chi connectivity index (χ0v) is 25.2. The molecule has 182 valence electrons. The summed E-state index contributed by atoms with van der Waals surface area (Å²) in [6, 6.07) is 0. The minimum Gasteiger partial charge on any atom is -0.850 e. The van der Waals surface area contributed by atoms with Gasteiger partial charge in [-0.1, -0.05) is 92.9 Å². The number of rotatable bonds is 6. The zero-order chi connectivity index (χ0) is 25.7.